The van der Waals surface area contributed by atoms with Crippen molar-refractivity contribution in [2.45, 2.75) is 45.4 Å². The summed E-state index contributed by atoms with van der Waals surface area (Å²) < 4.78 is 11.4. The summed E-state index contributed by atoms with van der Waals surface area (Å²) in [6, 6.07) is 5.87. The fourth-order valence-electron chi connectivity index (χ4n) is 2.66. The van der Waals surface area contributed by atoms with Crippen LogP contribution in [0, 0.1) is 5.92 Å². The van der Waals surface area contributed by atoms with Gasteiger partial charge in [-0.1, -0.05) is 27.4 Å². The summed E-state index contributed by atoms with van der Waals surface area (Å²) in [5, 5.41) is 0. The molecule has 1 saturated heterocycles. The van der Waals surface area contributed by atoms with Gasteiger partial charge in [0.15, 0.2) is 5.78 Å². The van der Waals surface area contributed by atoms with E-state index in [1.165, 1.54) is 6.08 Å². The Kier molecular flexibility index (Phi) is 6.00. The topological polar surface area (TPSA) is 35.5 Å². The van der Waals surface area contributed by atoms with Gasteiger partial charge in [-0.25, -0.2) is 0 Å². The minimum absolute atomic E-state index is 0.00818. The van der Waals surface area contributed by atoms with E-state index in [0.717, 1.165) is 43.8 Å². The number of carbonyl (C=O) groups excluding carboxylic acids is 1. The van der Waals surface area contributed by atoms with Gasteiger partial charge >= 0.3 is 0 Å². The second-order valence-corrected chi connectivity index (χ2v) is 6.92. The third kappa shape index (κ3) is 4.68. The van der Waals surface area contributed by atoms with Crippen molar-refractivity contribution in [1.82, 2.24) is 0 Å². The van der Waals surface area contributed by atoms with Gasteiger partial charge in [0, 0.05) is 18.8 Å². The van der Waals surface area contributed by atoms with Crippen molar-refractivity contribution in [2.75, 3.05) is 19.8 Å². The molecule has 0 radical (unpaired) electrons. The summed E-state index contributed by atoms with van der Waals surface area (Å²) in [7, 11) is 0. The van der Waals surface area contributed by atoms with Gasteiger partial charge in [-0.15, -0.1) is 0 Å². The molecular formula is C20H28O3. The Morgan fingerprint density at radius 1 is 1.35 bits per heavy atom. The highest BCUT2D eigenvalue weighted by molar-refractivity contribution is 6.04. The number of ketones is 1. The molecule has 1 aliphatic heterocycles. The van der Waals surface area contributed by atoms with Crippen LogP contribution in [0.25, 0.3) is 0 Å². The first-order valence-corrected chi connectivity index (χ1v) is 8.49. The number of carbonyl (C=O) groups is 1. The van der Waals surface area contributed by atoms with Gasteiger partial charge < -0.3 is 9.47 Å². The maximum absolute atomic E-state index is 12.0. The molecule has 1 heterocycles. The Bertz CT molecular complexity index is 554. The minimum Gasteiger partial charge on any atom is -0.493 e. The summed E-state index contributed by atoms with van der Waals surface area (Å²) >= 11 is 0. The molecule has 0 atom stereocenters. The van der Waals surface area contributed by atoms with E-state index in [1.807, 2.05) is 12.1 Å². The smallest absolute Gasteiger partial charge is 0.185 e. The number of hydrogen-bond acceptors (Lipinski definition) is 3. The number of allylic oxidation sites excluding steroid dienone is 1. The maximum atomic E-state index is 12.0. The third-order valence-corrected chi connectivity index (χ3v) is 4.87. The zero-order valence-corrected chi connectivity index (χ0v) is 14.6. The van der Waals surface area contributed by atoms with E-state index in [0.29, 0.717) is 18.1 Å². The second kappa shape index (κ2) is 7.78. The van der Waals surface area contributed by atoms with E-state index in [-0.39, 0.29) is 11.2 Å². The summed E-state index contributed by atoms with van der Waals surface area (Å²) in [4.78, 5) is 12.0. The zero-order valence-electron chi connectivity index (χ0n) is 14.6. The molecule has 126 valence electrons. The fraction of sp³-hybridized carbons (Fsp3) is 0.550. The Hall–Kier alpha value is -1.61. The molecule has 0 N–H and O–H groups in total. The van der Waals surface area contributed by atoms with E-state index in [4.69, 9.17) is 9.47 Å². The van der Waals surface area contributed by atoms with Gasteiger partial charge in [0.25, 0.3) is 0 Å². The summed E-state index contributed by atoms with van der Waals surface area (Å²) in [6.45, 7) is 12.4. The van der Waals surface area contributed by atoms with E-state index in [2.05, 4.69) is 33.4 Å². The van der Waals surface area contributed by atoms with Crippen molar-refractivity contribution in [3.05, 3.63) is 42.0 Å². The molecule has 0 amide bonds. The number of rotatable bonds is 7. The lowest BCUT2D eigenvalue weighted by Gasteiger charge is -2.26. The predicted octanol–water partition coefficient (Wildman–Crippen LogP) is 4.55. The number of benzene rings is 1. The zero-order chi connectivity index (χ0) is 16.9. The Labute approximate surface area is 139 Å². The first kappa shape index (κ1) is 17.7. The molecule has 1 aromatic carbocycles. The van der Waals surface area contributed by atoms with Gasteiger partial charge in [-0.3, -0.25) is 4.79 Å². The van der Waals surface area contributed by atoms with Crippen molar-refractivity contribution < 1.29 is 14.3 Å². The molecule has 23 heavy (non-hydrogen) atoms. The highest BCUT2D eigenvalue weighted by Gasteiger charge is 2.21. The lowest BCUT2D eigenvalue weighted by Crippen LogP contribution is -2.22. The average Bonchev–Trinajstić information content (AvgIpc) is 2.59. The quantitative estimate of drug-likeness (QED) is 0.547. The van der Waals surface area contributed by atoms with Crippen LogP contribution in [0.15, 0.2) is 30.9 Å². The molecule has 1 fully saturated rings. The fourth-order valence-corrected chi connectivity index (χ4v) is 2.66. The predicted molar refractivity (Wildman–Crippen MR) is 93.3 cm³/mol. The lowest BCUT2D eigenvalue weighted by atomic mass is 9.81. The second-order valence-electron chi connectivity index (χ2n) is 6.92. The van der Waals surface area contributed by atoms with Crippen LogP contribution < -0.4 is 4.74 Å². The lowest BCUT2D eigenvalue weighted by molar-refractivity contribution is 0.0497. The van der Waals surface area contributed by atoms with E-state index in [1.54, 1.807) is 0 Å². The van der Waals surface area contributed by atoms with E-state index in [9.17, 15) is 4.79 Å². The molecule has 1 aliphatic rings. The summed E-state index contributed by atoms with van der Waals surface area (Å²) in [6.07, 6.45) is 4.44. The molecule has 0 aromatic heterocycles. The molecule has 0 bridgehead atoms. The number of ether oxygens (including phenoxy) is 2. The molecule has 3 nitrogen and oxygen atoms in total. The first-order valence-electron chi connectivity index (χ1n) is 8.49. The van der Waals surface area contributed by atoms with Gasteiger partial charge in [-0.05, 0) is 60.4 Å². The van der Waals surface area contributed by atoms with Crippen LogP contribution in [-0.4, -0.2) is 25.6 Å². The molecular weight excluding hydrogens is 288 g/mol. The molecule has 0 aliphatic carbocycles. The van der Waals surface area contributed by atoms with Crippen molar-refractivity contribution in [1.29, 1.82) is 0 Å². The Morgan fingerprint density at radius 3 is 2.65 bits per heavy atom. The standard InChI is InChI=1S/C20H28O3/c1-5-19(21)16-11-17(20(3,4)6-2)13-18(12-16)23-14-15-7-9-22-10-8-15/h5,11-13,15H,1,6-10,14H2,2-4H3. The van der Waals surface area contributed by atoms with Crippen molar-refractivity contribution >= 4 is 5.78 Å². The minimum atomic E-state index is -0.0605. The average molecular weight is 316 g/mol. The SMILES string of the molecule is C=CC(=O)c1cc(OCC2CCOCC2)cc(C(C)(C)CC)c1. The number of hydrogen-bond donors (Lipinski definition) is 0. The van der Waals surface area contributed by atoms with Crippen LogP contribution >= 0.6 is 0 Å². The normalized spacial score (nSPS) is 16.1. The molecule has 0 unspecified atom stereocenters. The van der Waals surface area contributed by atoms with Crippen molar-refractivity contribution in [2.24, 2.45) is 5.92 Å². The third-order valence-electron chi connectivity index (χ3n) is 4.87. The summed E-state index contributed by atoms with van der Waals surface area (Å²) in [5.41, 5.74) is 1.80. The van der Waals surface area contributed by atoms with Crippen molar-refractivity contribution in [3.8, 4) is 5.75 Å². The van der Waals surface area contributed by atoms with Gasteiger partial charge in [0.1, 0.15) is 5.75 Å². The Morgan fingerprint density at radius 2 is 2.04 bits per heavy atom. The van der Waals surface area contributed by atoms with Crippen LogP contribution in [0.2, 0.25) is 0 Å². The first-order chi connectivity index (χ1) is 11.0. The van der Waals surface area contributed by atoms with Crippen LogP contribution in [0.5, 0.6) is 5.75 Å². The summed E-state index contributed by atoms with van der Waals surface area (Å²) in [5.74, 6) is 1.25. The van der Waals surface area contributed by atoms with Crippen LogP contribution in [0.3, 0.4) is 0 Å². The largest absolute Gasteiger partial charge is 0.493 e. The maximum Gasteiger partial charge on any atom is 0.185 e. The molecule has 2 rings (SSSR count). The van der Waals surface area contributed by atoms with Crippen LogP contribution in [0.1, 0.15) is 56.0 Å². The Balaban J connectivity index is 2.21. The van der Waals surface area contributed by atoms with Crippen molar-refractivity contribution in [3.63, 3.8) is 0 Å². The van der Waals surface area contributed by atoms with E-state index < -0.39 is 0 Å². The van der Waals surface area contributed by atoms with Gasteiger partial charge in [-0.2, -0.15) is 0 Å². The molecule has 0 spiro atoms. The van der Waals surface area contributed by atoms with Gasteiger partial charge in [0.05, 0.1) is 6.61 Å². The molecule has 3 heteroatoms. The van der Waals surface area contributed by atoms with Crippen LogP contribution in [-0.2, 0) is 10.2 Å². The van der Waals surface area contributed by atoms with Crippen LogP contribution in [0.4, 0.5) is 0 Å². The monoisotopic (exact) mass is 316 g/mol. The molecule has 0 saturated carbocycles. The molecule has 1 aromatic rings. The van der Waals surface area contributed by atoms with E-state index >= 15 is 0 Å². The highest BCUT2D eigenvalue weighted by atomic mass is 16.5. The van der Waals surface area contributed by atoms with Gasteiger partial charge in [0.2, 0.25) is 0 Å². The highest BCUT2D eigenvalue weighted by Crippen LogP contribution is 2.31.